The second kappa shape index (κ2) is 4.71. The molecule has 2 aromatic rings. The zero-order valence-electron chi connectivity index (χ0n) is 9.08. The largest absolute Gasteiger partial charge is 0.437 e. The van der Waals surface area contributed by atoms with Crippen molar-refractivity contribution >= 4 is 21.6 Å². The first kappa shape index (κ1) is 11.9. The number of nitrogens with two attached hydrogens (primary N) is 1. The van der Waals surface area contributed by atoms with Gasteiger partial charge in [0.25, 0.3) is 0 Å². The minimum absolute atomic E-state index is 0.266. The first-order valence-corrected chi connectivity index (χ1v) is 5.70. The molecule has 5 heteroatoms. The maximum absolute atomic E-state index is 13.1. The van der Waals surface area contributed by atoms with Crippen molar-refractivity contribution in [1.29, 1.82) is 0 Å². The highest BCUT2D eigenvalue weighted by molar-refractivity contribution is 9.10. The van der Waals surface area contributed by atoms with Crippen molar-refractivity contribution in [2.24, 2.45) is 0 Å². The Balaban J connectivity index is 2.34. The van der Waals surface area contributed by atoms with Crippen LogP contribution in [-0.4, -0.2) is 4.98 Å². The highest BCUT2D eigenvalue weighted by atomic mass is 79.9. The molecular weight excluding hydrogens is 287 g/mol. The predicted octanol–water partition coefficient (Wildman–Crippen LogP) is 3.67. The monoisotopic (exact) mass is 296 g/mol. The summed E-state index contributed by atoms with van der Waals surface area (Å²) in [4.78, 5) is 4.03. The molecule has 17 heavy (non-hydrogen) atoms. The van der Waals surface area contributed by atoms with Crippen LogP contribution >= 0.6 is 15.9 Å². The van der Waals surface area contributed by atoms with E-state index in [0.717, 1.165) is 10.0 Å². The van der Waals surface area contributed by atoms with E-state index in [9.17, 15) is 4.39 Å². The van der Waals surface area contributed by atoms with Crippen LogP contribution < -0.4 is 10.5 Å². The van der Waals surface area contributed by atoms with Crippen LogP contribution in [0.1, 0.15) is 5.56 Å². The lowest BCUT2D eigenvalue weighted by atomic mass is 10.2. The Kier molecular flexibility index (Phi) is 3.28. The molecule has 88 valence electrons. The minimum Gasteiger partial charge on any atom is -0.437 e. The Hall–Kier alpha value is -1.62. The zero-order valence-corrected chi connectivity index (χ0v) is 10.7. The molecule has 0 fully saturated rings. The van der Waals surface area contributed by atoms with Crippen molar-refractivity contribution < 1.29 is 9.13 Å². The number of nitrogen functional groups attached to an aromatic ring is 1. The number of benzene rings is 1. The summed E-state index contributed by atoms with van der Waals surface area (Å²) in [5.74, 6) is 0.315. The summed E-state index contributed by atoms with van der Waals surface area (Å²) in [5, 5.41) is 0. The summed E-state index contributed by atoms with van der Waals surface area (Å²) in [5.41, 5.74) is 6.95. The maximum Gasteiger partial charge on any atom is 0.242 e. The summed E-state index contributed by atoms with van der Waals surface area (Å²) in [6.07, 6.45) is 1.57. The number of aryl methyl sites for hydroxylation is 1. The summed E-state index contributed by atoms with van der Waals surface area (Å²) in [6, 6.07) is 6.00. The molecule has 2 N–H and O–H groups in total. The molecule has 1 aromatic heterocycles. The second-order valence-corrected chi connectivity index (χ2v) is 4.48. The third-order valence-corrected chi connectivity index (χ3v) is 2.64. The van der Waals surface area contributed by atoms with Gasteiger partial charge < -0.3 is 10.5 Å². The highest BCUT2D eigenvalue weighted by Crippen LogP contribution is 2.29. The van der Waals surface area contributed by atoms with Gasteiger partial charge in [0, 0.05) is 16.7 Å². The van der Waals surface area contributed by atoms with Gasteiger partial charge in [-0.25, -0.2) is 9.37 Å². The van der Waals surface area contributed by atoms with Crippen LogP contribution in [0.15, 0.2) is 34.9 Å². The Morgan fingerprint density at radius 2 is 2.12 bits per heavy atom. The van der Waals surface area contributed by atoms with Gasteiger partial charge in [-0.05, 0) is 40.5 Å². The number of hydrogen-bond acceptors (Lipinski definition) is 3. The molecule has 0 amide bonds. The summed E-state index contributed by atoms with van der Waals surface area (Å²) < 4.78 is 19.3. The van der Waals surface area contributed by atoms with Crippen molar-refractivity contribution in [2.75, 3.05) is 5.73 Å². The molecule has 1 heterocycles. The van der Waals surface area contributed by atoms with Crippen LogP contribution in [0.5, 0.6) is 11.6 Å². The van der Waals surface area contributed by atoms with E-state index in [2.05, 4.69) is 20.9 Å². The quantitative estimate of drug-likeness (QED) is 0.920. The summed E-state index contributed by atoms with van der Waals surface area (Å²) in [7, 11) is 0. The fourth-order valence-corrected chi connectivity index (χ4v) is 1.66. The normalized spacial score (nSPS) is 10.3. The number of pyridine rings is 1. The zero-order chi connectivity index (χ0) is 12.4. The van der Waals surface area contributed by atoms with Gasteiger partial charge in [0.05, 0.1) is 5.69 Å². The smallest absolute Gasteiger partial charge is 0.242 e. The molecule has 0 aliphatic rings. The van der Waals surface area contributed by atoms with Crippen LogP contribution in [0.2, 0.25) is 0 Å². The Bertz CT molecular complexity index is 560. The fraction of sp³-hybridized carbons (Fsp3) is 0.0833. The Labute approximate surface area is 107 Å². The average molecular weight is 297 g/mol. The highest BCUT2D eigenvalue weighted by Gasteiger charge is 2.07. The third kappa shape index (κ3) is 2.74. The van der Waals surface area contributed by atoms with Gasteiger partial charge >= 0.3 is 0 Å². The molecule has 0 unspecified atom stereocenters. The van der Waals surface area contributed by atoms with E-state index in [1.165, 1.54) is 12.1 Å². The van der Waals surface area contributed by atoms with E-state index in [-0.39, 0.29) is 11.7 Å². The molecule has 0 radical (unpaired) electrons. The summed E-state index contributed by atoms with van der Waals surface area (Å²) >= 11 is 3.25. The predicted molar refractivity (Wildman–Crippen MR) is 67.6 cm³/mol. The van der Waals surface area contributed by atoms with Crippen molar-refractivity contribution in [3.8, 4) is 11.6 Å². The first-order valence-electron chi connectivity index (χ1n) is 4.91. The van der Waals surface area contributed by atoms with E-state index in [4.69, 9.17) is 10.5 Å². The van der Waals surface area contributed by atoms with Crippen LogP contribution in [0, 0.1) is 12.7 Å². The van der Waals surface area contributed by atoms with Crippen molar-refractivity contribution in [2.45, 2.75) is 6.92 Å². The van der Waals surface area contributed by atoms with E-state index < -0.39 is 0 Å². The molecule has 3 nitrogen and oxygen atoms in total. The summed E-state index contributed by atoms with van der Waals surface area (Å²) in [6.45, 7) is 1.82. The molecule has 0 bridgehead atoms. The van der Waals surface area contributed by atoms with Gasteiger partial charge in [-0.2, -0.15) is 0 Å². The lowest BCUT2D eigenvalue weighted by molar-refractivity contribution is 0.457. The topological polar surface area (TPSA) is 48.1 Å². The lowest BCUT2D eigenvalue weighted by Crippen LogP contribution is -1.96. The second-order valence-electron chi connectivity index (χ2n) is 3.56. The van der Waals surface area contributed by atoms with Crippen molar-refractivity contribution in [3.63, 3.8) is 0 Å². The number of hydrogen-bond donors (Lipinski definition) is 1. The van der Waals surface area contributed by atoms with Gasteiger partial charge in [0.2, 0.25) is 5.88 Å². The molecule has 0 aliphatic carbocycles. The number of halogens is 2. The molecule has 0 atom stereocenters. The Morgan fingerprint density at radius 1 is 1.35 bits per heavy atom. The fourth-order valence-electron chi connectivity index (χ4n) is 1.32. The number of anilines is 1. The first-order chi connectivity index (χ1) is 8.06. The molecule has 0 spiro atoms. The minimum atomic E-state index is -0.360. The number of ether oxygens (including phenoxy) is 1. The van der Waals surface area contributed by atoms with Gasteiger partial charge in [-0.3, -0.25) is 0 Å². The van der Waals surface area contributed by atoms with Crippen LogP contribution in [0.4, 0.5) is 10.1 Å². The van der Waals surface area contributed by atoms with E-state index in [1.54, 1.807) is 18.3 Å². The van der Waals surface area contributed by atoms with Gasteiger partial charge in [0.1, 0.15) is 11.6 Å². The van der Waals surface area contributed by atoms with Crippen LogP contribution in [-0.2, 0) is 0 Å². The standard InChI is InChI=1S/C12H10BrFN2O/c1-7-2-3-9(14)5-11(7)17-12-10(15)4-8(13)6-16-12/h2-6H,15H2,1H3. The van der Waals surface area contributed by atoms with Crippen molar-refractivity contribution in [3.05, 3.63) is 46.3 Å². The molecule has 0 aliphatic heterocycles. The maximum atomic E-state index is 13.1. The van der Waals surface area contributed by atoms with E-state index in [1.807, 2.05) is 6.92 Å². The Morgan fingerprint density at radius 3 is 2.82 bits per heavy atom. The molecule has 0 saturated heterocycles. The molecular formula is C12H10BrFN2O. The third-order valence-electron chi connectivity index (χ3n) is 2.20. The molecule has 1 aromatic carbocycles. The SMILES string of the molecule is Cc1ccc(F)cc1Oc1ncc(Br)cc1N. The average Bonchev–Trinajstić information content (AvgIpc) is 2.27. The molecule has 0 saturated carbocycles. The van der Waals surface area contributed by atoms with E-state index >= 15 is 0 Å². The van der Waals surface area contributed by atoms with E-state index in [0.29, 0.717) is 11.4 Å². The van der Waals surface area contributed by atoms with Crippen LogP contribution in [0.3, 0.4) is 0 Å². The van der Waals surface area contributed by atoms with Gasteiger partial charge in [-0.1, -0.05) is 6.07 Å². The number of aromatic nitrogens is 1. The molecule has 2 rings (SSSR count). The van der Waals surface area contributed by atoms with Gasteiger partial charge in [0.15, 0.2) is 0 Å². The van der Waals surface area contributed by atoms with Crippen LogP contribution in [0.25, 0.3) is 0 Å². The van der Waals surface area contributed by atoms with Gasteiger partial charge in [-0.15, -0.1) is 0 Å². The lowest BCUT2D eigenvalue weighted by Gasteiger charge is -2.09. The number of nitrogens with zero attached hydrogens (tertiary/aromatic N) is 1. The van der Waals surface area contributed by atoms with Crippen molar-refractivity contribution in [1.82, 2.24) is 4.98 Å². The number of rotatable bonds is 2.